The molecule has 8 heavy (non-hydrogen) atoms. The van der Waals surface area contributed by atoms with Gasteiger partial charge >= 0.3 is 0 Å². The van der Waals surface area contributed by atoms with Gasteiger partial charge in [0.05, 0.1) is 3.66 Å². The molecule has 1 aliphatic rings. The van der Waals surface area contributed by atoms with Gasteiger partial charge in [0.2, 0.25) is 0 Å². The minimum absolute atomic E-state index is 0.354. The average Bonchev–Trinajstić information content (AvgIpc) is 2.17. The van der Waals surface area contributed by atoms with Crippen LogP contribution in [0.1, 0.15) is 19.8 Å². The second-order valence-corrected chi connectivity index (χ2v) is 5.26. The highest BCUT2D eigenvalue weighted by Gasteiger charge is 2.25. The zero-order valence-corrected chi connectivity index (χ0v) is 7.26. The highest BCUT2D eigenvalue weighted by atomic mass is 79.9. The van der Waals surface area contributed by atoms with Crippen LogP contribution in [0.25, 0.3) is 0 Å². The summed E-state index contributed by atoms with van der Waals surface area (Å²) in [6, 6.07) is 0. The molecule has 0 aromatic rings. The molecule has 0 amide bonds. The van der Waals surface area contributed by atoms with Crippen molar-refractivity contribution in [1.82, 2.24) is 0 Å². The number of allylic oxidation sites excluding steroid dienone is 1. The molecule has 1 unspecified atom stereocenters. The second kappa shape index (κ2) is 2.44. The van der Waals surface area contributed by atoms with E-state index in [1.54, 1.807) is 0 Å². The highest BCUT2D eigenvalue weighted by Crippen LogP contribution is 2.44. The van der Waals surface area contributed by atoms with E-state index in [0.29, 0.717) is 3.66 Å². The summed E-state index contributed by atoms with van der Waals surface area (Å²) in [6.07, 6.45) is 4.59. The lowest BCUT2D eigenvalue weighted by molar-refractivity contribution is 0.806. The first-order valence-electron chi connectivity index (χ1n) is 2.78. The van der Waals surface area contributed by atoms with Crippen molar-refractivity contribution < 1.29 is 0 Å². The van der Waals surface area contributed by atoms with Crippen LogP contribution in [-0.4, -0.2) is 3.66 Å². The van der Waals surface area contributed by atoms with Crippen molar-refractivity contribution in [2.45, 2.75) is 23.4 Å². The molecule has 0 nitrogen and oxygen atoms in total. The topological polar surface area (TPSA) is 0 Å². The summed E-state index contributed by atoms with van der Waals surface area (Å²) in [4.78, 5) is 0. The second-order valence-electron chi connectivity index (χ2n) is 1.93. The SMILES string of the molecule is CCC1(Br)CC=CS1. The number of hydrogen-bond donors (Lipinski definition) is 0. The van der Waals surface area contributed by atoms with Gasteiger partial charge in [0.25, 0.3) is 0 Å². The molecule has 1 aliphatic heterocycles. The Labute approximate surface area is 62.9 Å². The van der Waals surface area contributed by atoms with E-state index in [2.05, 4.69) is 34.3 Å². The lowest BCUT2D eigenvalue weighted by atomic mass is 10.2. The molecule has 0 saturated heterocycles. The Kier molecular flexibility index (Phi) is 2.04. The van der Waals surface area contributed by atoms with Gasteiger partial charge in [-0.3, -0.25) is 0 Å². The van der Waals surface area contributed by atoms with Crippen LogP contribution < -0.4 is 0 Å². The molecule has 0 N–H and O–H groups in total. The Hall–Kier alpha value is 0.570. The van der Waals surface area contributed by atoms with Crippen LogP contribution in [0.5, 0.6) is 0 Å². The number of hydrogen-bond acceptors (Lipinski definition) is 1. The van der Waals surface area contributed by atoms with E-state index in [0.717, 1.165) is 0 Å². The fraction of sp³-hybridized carbons (Fsp3) is 0.667. The van der Waals surface area contributed by atoms with E-state index in [4.69, 9.17) is 0 Å². The molecule has 0 aromatic carbocycles. The maximum absolute atomic E-state index is 3.65. The Balaban J connectivity index is 2.46. The predicted octanol–water partition coefficient (Wildman–Crippen LogP) is 3.14. The van der Waals surface area contributed by atoms with E-state index in [1.165, 1.54) is 12.8 Å². The van der Waals surface area contributed by atoms with E-state index in [9.17, 15) is 0 Å². The summed E-state index contributed by atoms with van der Waals surface area (Å²) in [5.74, 6) is 0. The third-order valence-corrected chi connectivity index (χ3v) is 3.98. The minimum Gasteiger partial charge on any atom is -0.116 e. The summed E-state index contributed by atoms with van der Waals surface area (Å²) in [7, 11) is 0. The molecule has 2 heteroatoms. The Bertz CT molecular complexity index is 101. The number of thioether (sulfide) groups is 1. The number of alkyl halides is 1. The Morgan fingerprint density at radius 1 is 1.88 bits per heavy atom. The summed E-state index contributed by atoms with van der Waals surface area (Å²) in [5, 5.41) is 2.16. The van der Waals surface area contributed by atoms with Crippen LogP contribution in [0.4, 0.5) is 0 Å². The van der Waals surface area contributed by atoms with Gasteiger partial charge in [-0.05, 0) is 18.2 Å². The van der Waals surface area contributed by atoms with Crippen molar-refractivity contribution in [3.05, 3.63) is 11.5 Å². The summed E-state index contributed by atoms with van der Waals surface area (Å²) in [5.41, 5.74) is 0. The van der Waals surface area contributed by atoms with E-state index >= 15 is 0 Å². The molecular weight excluding hydrogens is 184 g/mol. The summed E-state index contributed by atoms with van der Waals surface area (Å²) >= 11 is 5.53. The fourth-order valence-corrected chi connectivity index (χ4v) is 1.98. The highest BCUT2D eigenvalue weighted by molar-refractivity contribution is 9.12. The van der Waals surface area contributed by atoms with Crippen molar-refractivity contribution in [3.63, 3.8) is 0 Å². The molecule has 0 fully saturated rings. The molecule has 0 aromatic heterocycles. The zero-order chi connectivity index (χ0) is 6.04. The van der Waals surface area contributed by atoms with Crippen LogP contribution in [0.15, 0.2) is 11.5 Å². The maximum Gasteiger partial charge on any atom is 0.0781 e. The largest absolute Gasteiger partial charge is 0.116 e. The molecule has 0 radical (unpaired) electrons. The Morgan fingerprint density at radius 2 is 2.62 bits per heavy atom. The number of halogens is 1. The van der Waals surface area contributed by atoms with Crippen LogP contribution in [0, 0.1) is 0 Å². The van der Waals surface area contributed by atoms with Crippen LogP contribution in [0.2, 0.25) is 0 Å². The first-order chi connectivity index (χ1) is 3.77. The fourth-order valence-electron chi connectivity index (χ4n) is 0.670. The molecular formula is C6H9BrS. The third-order valence-electron chi connectivity index (χ3n) is 1.33. The standard InChI is InChI=1S/C6H9BrS/c1-2-6(7)4-3-5-8-6/h3,5H,2,4H2,1H3. The van der Waals surface area contributed by atoms with Gasteiger partial charge in [-0.15, -0.1) is 11.8 Å². The average molecular weight is 193 g/mol. The molecule has 0 aliphatic carbocycles. The monoisotopic (exact) mass is 192 g/mol. The lowest BCUT2D eigenvalue weighted by Gasteiger charge is -2.16. The molecule has 1 heterocycles. The van der Waals surface area contributed by atoms with Crippen molar-refractivity contribution in [1.29, 1.82) is 0 Å². The zero-order valence-electron chi connectivity index (χ0n) is 4.86. The van der Waals surface area contributed by atoms with Gasteiger partial charge in [-0.2, -0.15) is 0 Å². The van der Waals surface area contributed by atoms with Gasteiger partial charge in [0.15, 0.2) is 0 Å². The van der Waals surface area contributed by atoms with Crippen LogP contribution in [0.3, 0.4) is 0 Å². The molecule has 1 atom stereocenters. The Morgan fingerprint density at radius 3 is 2.88 bits per heavy atom. The maximum atomic E-state index is 3.65. The van der Waals surface area contributed by atoms with E-state index < -0.39 is 0 Å². The van der Waals surface area contributed by atoms with Crippen molar-refractivity contribution in [3.8, 4) is 0 Å². The third kappa shape index (κ3) is 1.29. The van der Waals surface area contributed by atoms with Gasteiger partial charge in [-0.25, -0.2) is 0 Å². The molecule has 0 spiro atoms. The molecule has 46 valence electrons. The van der Waals surface area contributed by atoms with Crippen molar-refractivity contribution in [2.75, 3.05) is 0 Å². The van der Waals surface area contributed by atoms with Crippen LogP contribution >= 0.6 is 27.7 Å². The van der Waals surface area contributed by atoms with Gasteiger partial charge in [0, 0.05) is 0 Å². The predicted molar refractivity (Wildman–Crippen MR) is 43.3 cm³/mol. The molecule has 0 bridgehead atoms. The summed E-state index contributed by atoms with van der Waals surface area (Å²) in [6.45, 7) is 2.20. The van der Waals surface area contributed by atoms with E-state index in [-0.39, 0.29) is 0 Å². The van der Waals surface area contributed by atoms with Crippen molar-refractivity contribution in [2.24, 2.45) is 0 Å². The minimum atomic E-state index is 0.354. The normalized spacial score (nSPS) is 36.2. The smallest absolute Gasteiger partial charge is 0.0781 e. The number of rotatable bonds is 1. The van der Waals surface area contributed by atoms with Gasteiger partial charge in [-0.1, -0.05) is 28.9 Å². The van der Waals surface area contributed by atoms with Gasteiger partial charge < -0.3 is 0 Å². The molecule has 0 saturated carbocycles. The quantitative estimate of drug-likeness (QED) is 0.576. The van der Waals surface area contributed by atoms with Crippen molar-refractivity contribution >= 4 is 27.7 Å². The molecule has 1 rings (SSSR count). The first kappa shape index (κ1) is 6.69. The summed E-state index contributed by atoms with van der Waals surface area (Å²) < 4.78 is 0.354. The van der Waals surface area contributed by atoms with Crippen LogP contribution in [-0.2, 0) is 0 Å². The first-order valence-corrected chi connectivity index (χ1v) is 4.46. The lowest BCUT2D eigenvalue weighted by Crippen LogP contribution is -2.07. The van der Waals surface area contributed by atoms with Gasteiger partial charge in [0.1, 0.15) is 0 Å². The van der Waals surface area contributed by atoms with E-state index in [1.807, 2.05) is 11.8 Å².